The molecule has 26 heavy (non-hydrogen) atoms. The van der Waals surface area contributed by atoms with Gasteiger partial charge in [0.25, 0.3) is 5.91 Å². The van der Waals surface area contributed by atoms with Gasteiger partial charge in [-0.25, -0.2) is 4.79 Å². The third-order valence-corrected chi connectivity index (χ3v) is 6.03. The molecule has 1 aromatic heterocycles. The first kappa shape index (κ1) is 17.3. The standard InChI is InChI=1S/C16H22N6O3S/c1-3-16(2)13(24)22(14(25)17-16)20-11(23)8-26-15-19-18-12(9-4-5-9)21(15)10-6-7-10/h9-10H,3-8H2,1-2H3,(H,17,25)(H,20,23)/t16-/m0/s1. The maximum Gasteiger partial charge on any atom is 0.344 e. The van der Waals surface area contributed by atoms with Crippen molar-refractivity contribution in [3.63, 3.8) is 0 Å². The number of hydrazine groups is 1. The monoisotopic (exact) mass is 378 g/mol. The van der Waals surface area contributed by atoms with Crippen molar-refractivity contribution in [3.05, 3.63) is 5.82 Å². The highest BCUT2D eigenvalue weighted by molar-refractivity contribution is 7.99. The molecule has 3 aliphatic rings. The largest absolute Gasteiger partial charge is 0.344 e. The molecular formula is C16H22N6O3S. The fourth-order valence-corrected chi connectivity index (χ4v) is 3.80. The summed E-state index contributed by atoms with van der Waals surface area (Å²) in [4.78, 5) is 36.5. The van der Waals surface area contributed by atoms with Crippen LogP contribution < -0.4 is 10.7 Å². The zero-order chi connectivity index (χ0) is 18.5. The molecule has 0 unspecified atom stereocenters. The first-order valence-corrected chi connectivity index (χ1v) is 9.95. The summed E-state index contributed by atoms with van der Waals surface area (Å²) in [6, 6.07) is -0.155. The average Bonchev–Trinajstić information content (AvgIpc) is 3.54. The number of carbonyl (C=O) groups is 3. The van der Waals surface area contributed by atoms with Gasteiger partial charge in [-0.1, -0.05) is 18.7 Å². The molecule has 1 saturated heterocycles. The molecule has 1 atom stereocenters. The van der Waals surface area contributed by atoms with E-state index in [1.54, 1.807) is 6.92 Å². The van der Waals surface area contributed by atoms with Crippen LogP contribution >= 0.6 is 11.8 Å². The molecule has 3 fully saturated rings. The van der Waals surface area contributed by atoms with E-state index in [2.05, 4.69) is 25.5 Å². The van der Waals surface area contributed by atoms with Gasteiger partial charge in [0.05, 0.1) is 5.75 Å². The van der Waals surface area contributed by atoms with E-state index in [0.29, 0.717) is 18.4 Å². The molecule has 2 N–H and O–H groups in total. The Morgan fingerprint density at radius 2 is 2.04 bits per heavy atom. The Labute approximate surface area is 155 Å². The average molecular weight is 378 g/mol. The number of rotatable bonds is 7. The van der Waals surface area contributed by atoms with Gasteiger partial charge in [0, 0.05) is 12.0 Å². The van der Waals surface area contributed by atoms with Gasteiger partial charge in [-0.15, -0.1) is 10.2 Å². The molecule has 4 rings (SSSR count). The third-order valence-electron chi connectivity index (χ3n) is 5.08. The maximum atomic E-state index is 12.3. The zero-order valence-electron chi connectivity index (χ0n) is 14.8. The van der Waals surface area contributed by atoms with Gasteiger partial charge in [-0.3, -0.25) is 15.0 Å². The van der Waals surface area contributed by atoms with Crippen LogP contribution in [0, 0.1) is 0 Å². The van der Waals surface area contributed by atoms with Crippen LogP contribution in [0.5, 0.6) is 0 Å². The van der Waals surface area contributed by atoms with Crippen molar-refractivity contribution in [2.24, 2.45) is 0 Å². The molecule has 0 radical (unpaired) electrons. The molecule has 9 nitrogen and oxygen atoms in total. The highest BCUT2D eigenvalue weighted by Crippen LogP contribution is 2.45. The molecular weight excluding hydrogens is 356 g/mol. The van der Waals surface area contributed by atoms with Crippen LogP contribution in [0.25, 0.3) is 0 Å². The number of nitrogens with one attached hydrogen (secondary N) is 2. The summed E-state index contributed by atoms with van der Waals surface area (Å²) in [5.41, 5.74) is 1.43. The van der Waals surface area contributed by atoms with Crippen LogP contribution in [0.3, 0.4) is 0 Å². The van der Waals surface area contributed by atoms with Crippen molar-refractivity contribution in [1.82, 2.24) is 30.5 Å². The van der Waals surface area contributed by atoms with Crippen LogP contribution in [0.15, 0.2) is 5.16 Å². The molecule has 2 aliphatic carbocycles. The lowest BCUT2D eigenvalue weighted by Crippen LogP contribution is -2.49. The fraction of sp³-hybridized carbons (Fsp3) is 0.688. The number of thioether (sulfide) groups is 1. The molecule has 0 bridgehead atoms. The van der Waals surface area contributed by atoms with E-state index in [0.717, 1.165) is 41.7 Å². The van der Waals surface area contributed by atoms with Crippen LogP contribution in [0.4, 0.5) is 4.79 Å². The van der Waals surface area contributed by atoms with E-state index in [-0.39, 0.29) is 5.75 Å². The normalized spacial score (nSPS) is 25.5. The topological polar surface area (TPSA) is 109 Å². The number of urea groups is 1. The molecule has 2 heterocycles. The first-order chi connectivity index (χ1) is 12.4. The lowest BCUT2D eigenvalue weighted by Gasteiger charge is -2.19. The molecule has 0 spiro atoms. The summed E-state index contributed by atoms with van der Waals surface area (Å²) < 4.78 is 2.16. The molecule has 1 aliphatic heterocycles. The molecule has 1 aromatic rings. The number of carbonyl (C=O) groups excluding carboxylic acids is 3. The van der Waals surface area contributed by atoms with Gasteiger partial charge in [0.1, 0.15) is 11.4 Å². The summed E-state index contributed by atoms with van der Waals surface area (Å²) in [5, 5.41) is 12.7. The highest BCUT2D eigenvalue weighted by atomic mass is 32.2. The Hall–Kier alpha value is -2.10. The molecule has 2 saturated carbocycles. The smallest absolute Gasteiger partial charge is 0.322 e. The Balaban J connectivity index is 1.38. The number of nitrogens with zero attached hydrogens (tertiary/aromatic N) is 4. The Bertz CT molecular complexity index is 772. The second-order valence-electron chi connectivity index (χ2n) is 7.30. The molecule has 10 heteroatoms. The lowest BCUT2D eigenvalue weighted by molar-refractivity contribution is -0.137. The summed E-state index contributed by atoms with van der Waals surface area (Å²) in [7, 11) is 0. The number of aromatic nitrogens is 3. The van der Waals surface area contributed by atoms with Crippen molar-refractivity contribution in [3.8, 4) is 0 Å². The van der Waals surface area contributed by atoms with Gasteiger partial charge < -0.3 is 9.88 Å². The van der Waals surface area contributed by atoms with Crippen molar-refractivity contribution in [1.29, 1.82) is 0 Å². The minimum Gasteiger partial charge on any atom is -0.322 e. The predicted molar refractivity (Wildman–Crippen MR) is 93.2 cm³/mol. The van der Waals surface area contributed by atoms with Crippen molar-refractivity contribution >= 4 is 29.6 Å². The van der Waals surface area contributed by atoms with Crippen LogP contribution in [0.2, 0.25) is 0 Å². The van der Waals surface area contributed by atoms with E-state index >= 15 is 0 Å². The minimum atomic E-state index is -0.969. The van der Waals surface area contributed by atoms with E-state index in [1.807, 2.05) is 6.92 Å². The molecule has 140 valence electrons. The second-order valence-corrected chi connectivity index (χ2v) is 8.24. The summed E-state index contributed by atoms with van der Waals surface area (Å²) in [6.45, 7) is 3.45. The van der Waals surface area contributed by atoms with Gasteiger partial charge in [-0.2, -0.15) is 5.01 Å². The van der Waals surface area contributed by atoms with Gasteiger partial charge in [-0.05, 0) is 39.0 Å². The zero-order valence-corrected chi connectivity index (χ0v) is 15.6. The fourth-order valence-electron chi connectivity index (χ4n) is 3.00. The van der Waals surface area contributed by atoms with Crippen molar-refractivity contribution in [2.75, 3.05) is 5.75 Å². The second kappa shape index (κ2) is 6.26. The molecule has 0 aromatic carbocycles. The highest BCUT2D eigenvalue weighted by Gasteiger charge is 2.47. The summed E-state index contributed by atoms with van der Waals surface area (Å²) in [5.74, 6) is 0.736. The molecule has 4 amide bonds. The Morgan fingerprint density at radius 1 is 1.31 bits per heavy atom. The number of hydrogen-bond donors (Lipinski definition) is 2. The summed E-state index contributed by atoms with van der Waals surface area (Å²) >= 11 is 1.29. The Kier molecular flexibility index (Phi) is 4.17. The van der Waals surface area contributed by atoms with Gasteiger partial charge >= 0.3 is 6.03 Å². The maximum absolute atomic E-state index is 12.3. The predicted octanol–water partition coefficient (Wildman–Crippen LogP) is 1.33. The quantitative estimate of drug-likeness (QED) is 0.547. The minimum absolute atomic E-state index is 0.0649. The first-order valence-electron chi connectivity index (χ1n) is 8.96. The van der Waals surface area contributed by atoms with Crippen molar-refractivity contribution < 1.29 is 14.4 Å². The lowest BCUT2D eigenvalue weighted by atomic mass is 10.00. The SMILES string of the molecule is CC[C@]1(C)NC(=O)N(NC(=O)CSc2nnc(C3CC3)n2C2CC2)C1=O. The van der Waals surface area contributed by atoms with Crippen LogP contribution in [0.1, 0.15) is 63.7 Å². The van der Waals surface area contributed by atoms with Gasteiger partial charge in [0.2, 0.25) is 5.91 Å². The van der Waals surface area contributed by atoms with E-state index in [9.17, 15) is 14.4 Å². The van der Waals surface area contributed by atoms with Crippen LogP contribution in [-0.4, -0.2) is 48.9 Å². The third kappa shape index (κ3) is 3.06. The van der Waals surface area contributed by atoms with Crippen molar-refractivity contribution in [2.45, 2.75) is 68.6 Å². The summed E-state index contributed by atoms with van der Waals surface area (Å²) in [6.07, 6.45) is 5.00. The van der Waals surface area contributed by atoms with E-state index in [4.69, 9.17) is 0 Å². The van der Waals surface area contributed by atoms with Gasteiger partial charge in [0.15, 0.2) is 5.16 Å². The van der Waals surface area contributed by atoms with Crippen LogP contribution in [-0.2, 0) is 9.59 Å². The number of hydrogen-bond acceptors (Lipinski definition) is 6. The number of imide groups is 1. The number of amides is 4. The van der Waals surface area contributed by atoms with E-state index in [1.165, 1.54) is 11.8 Å². The van der Waals surface area contributed by atoms with E-state index < -0.39 is 23.4 Å². The Morgan fingerprint density at radius 3 is 2.62 bits per heavy atom.